The highest BCUT2D eigenvalue weighted by atomic mass is 16.2. The number of anilines is 2. The van der Waals surface area contributed by atoms with Crippen molar-refractivity contribution in [1.82, 2.24) is 9.55 Å². The van der Waals surface area contributed by atoms with Crippen molar-refractivity contribution < 1.29 is 0 Å². The summed E-state index contributed by atoms with van der Waals surface area (Å²) in [5.41, 5.74) is 6.42. The Labute approximate surface area is 128 Å². The van der Waals surface area contributed by atoms with Crippen LogP contribution in [-0.4, -0.2) is 15.6 Å². The van der Waals surface area contributed by atoms with Crippen LogP contribution in [-0.2, 0) is 6.54 Å². The summed E-state index contributed by atoms with van der Waals surface area (Å²) in [5, 5.41) is 3.20. The van der Waals surface area contributed by atoms with Crippen molar-refractivity contribution in [3.05, 3.63) is 56.7 Å². The van der Waals surface area contributed by atoms with E-state index < -0.39 is 11.2 Å². The van der Waals surface area contributed by atoms with Crippen molar-refractivity contribution in [3.63, 3.8) is 0 Å². The van der Waals surface area contributed by atoms with Gasteiger partial charge in [0.15, 0.2) is 0 Å². The SMILES string of the molecule is Nc1c(NC2CCCC2)c(=O)[nH]c(=O)n1Cc1ccccc1. The molecule has 1 aromatic carbocycles. The van der Waals surface area contributed by atoms with E-state index in [-0.39, 0.29) is 11.9 Å². The molecule has 1 heterocycles. The molecule has 6 nitrogen and oxygen atoms in total. The molecule has 22 heavy (non-hydrogen) atoms. The Bertz CT molecular complexity index is 758. The molecule has 0 radical (unpaired) electrons. The van der Waals surface area contributed by atoms with E-state index in [2.05, 4.69) is 10.3 Å². The van der Waals surface area contributed by atoms with Crippen molar-refractivity contribution in [2.24, 2.45) is 0 Å². The fourth-order valence-electron chi connectivity index (χ4n) is 2.92. The number of nitrogens with zero attached hydrogens (tertiary/aromatic N) is 1. The minimum atomic E-state index is -0.483. The van der Waals surface area contributed by atoms with Gasteiger partial charge in [0.1, 0.15) is 11.5 Å². The van der Waals surface area contributed by atoms with E-state index in [1.807, 2.05) is 30.3 Å². The number of hydrogen-bond acceptors (Lipinski definition) is 4. The second kappa shape index (κ2) is 6.09. The Hall–Kier alpha value is -2.50. The maximum atomic E-state index is 12.1. The fourth-order valence-corrected chi connectivity index (χ4v) is 2.92. The number of benzene rings is 1. The first-order valence-corrected chi connectivity index (χ1v) is 7.58. The van der Waals surface area contributed by atoms with Crippen LogP contribution in [0, 0.1) is 0 Å². The monoisotopic (exact) mass is 300 g/mol. The second-order valence-corrected chi connectivity index (χ2v) is 5.72. The van der Waals surface area contributed by atoms with Gasteiger partial charge in [-0.2, -0.15) is 0 Å². The third-order valence-corrected chi connectivity index (χ3v) is 4.13. The molecule has 116 valence electrons. The van der Waals surface area contributed by atoms with Gasteiger partial charge in [0.2, 0.25) is 0 Å². The number of rotatable bonds is 4. The number of nitrogens with one attached hydrogen (secondary N) is 2. The molecular weight excluding hydrogens is 280 g/mol. The molecule has 2 aromatic rings. The van der Waals surface area contributed by atoms with E-state index in [0.717, 1.165) is 31.2 Å². The first kappa shape index (κ1) is 14.4. The van der Waals surface area contributed by atoms with Crippen LogP contribution in [0.4, 0.5) is 11.5 Å². The molecule has 6 heteroatoms. The number of hydrogen-bond donors (Lipinski definition) is 3. The molecule has 0 spiro atoms. The highest BCUT2D eigenvalue weighted by Gasteiger charge is 2.19. The van der Waals surface area contributed by atoms with Gasteiger partial charge < -0.3 is 11.1 Å². The maximum Gasteiger partial charge on any atom is 0.330 e. The summed E-state index contributed by atoms with van der Waals surface area (Å²) < 4.78 is 1.40. The Balaban J connectivity index is 1.95. The van der Waals surface area contributed by atoms with Crippen molar-refractivity contribution in [1.29, 1.82) is 0 Å². The number of aromatic nitrogens is 2. The molecule has 0 saturated heterocycles. The van der Waals surface area contributed by atoms with Crippen molar-refractivity contribution in [2.75, 3.05) is 11.1 Å². The van der Waals surface area contributed by atoms with Gasteiger partial charge >= 0.3 is 5.69 Å². The molecule has 1 fully saturated rings. The standard InChI is InChI=1S/C16H20N4O2/c17-14-13(18-12-8-4-5-9-12)15(21)19-16(22)20(14)10-11-6-2-1-3-7-11/h1-3,6-7,12,18H,4-5,8-10,17H2,(H,19,21,22). The predicted octanol–water partition coefficient (Wildman–Crippen LogP) is 1.52. The lowest BCUT2D eigenvalue weighted by Gasteiger charge is -2.17. The van der Waals surface area contributed by atoms with E-state index in [4.69, 9.17) is 5.73 Å². The fraction of sp³-hybridized carbons (Fsp3) is 0.375. The summed E-state index contributed by atoms with van der Waals surface area (Å²) in [6, 6.07) is 9.81. The molecule has 1 saturated carbocycles. The molecular formula is C16H20N4O2. The molecule has 3 rings (SSSR count). The van der Waals surface area contributed by atoms with E-state index in [1.54, 1.807) is 0 Å². The highest BCUT2D eigenvalue weighted by molar-refractivity contribution is 5.61. The normalized spacial score (nSPS) is 15.1. The van der Waals surface area contributed by atoms with Gasteiger partial charge in [-0.05, 0) is 18.4 Å². The first-order chi connectivity index (χ1) is 10.6. The second-order valence-electron chi connectivity index (χ2n) is 5.72. The number of nitrogens with two attached hydrogens (primary N) is 1. The van der Waals surface area contributed by atoms with Crippen LogP contribution in [0.1, 0.15) is 31.2 Å². The minimum Gasteiger partial charge on any atom is -0.383 e. The zero-order valence-corrected chi connectivity index (χ0v) is 12.3. The summed E-state index contributed by atoms with van der Waals surface area (Å²) in [6.45, 7) is 0.335. The maximum absolute atomic E-state index is 12.1. The van der Waals surface area contributed by atoms with Gasteiger partial charge in [0.25, 0.3) is 5.56 Å². The largest absolute Gasteiger partial charge is 0.383 e. The Morgan fingerprint density at radius 2 is 1.86 bits per heavy atom. The van der Waals surface area contributed by atoms with Gasteiger partial charge in [-0.25, -0.2) is 4.79 Å². The third-order valence-electron chi connectivity index (χ3n) is 4.13. The highest BCUT2D eigenvalue weighted by Crippen LogP contribution is 2.23. The van der Waals surface area contributed by atoms with Gasteiger partial charge in [-0.3, -0.25) is 14.3 Å². The number of nitrogen functional groups attached to an aromatic ring is 1. The molecule has 0 aliphatic heterocycles. The minimum absolute atomic E-state index is 0.199. The van der Waals surface area contributed by atoms with Crippen molar-refractivity contribution >= 4 is 11.5 Å². The van der Waals surface area contributed by atoms with Crippen LogP contribution in [0.5, 0.6) is 0 Å². The van der Waals surface area contributed by atoms with Crippen LogP contribution in [0.2, 0.25) is 0 Å². The van der Waals surface area contributed by atoms with Crippen LogP contribution < -0.4 is 22.3 Å². The van der Waals surface area contributed by atoms with Crippen LogP contribution >= 0.6 is 0 Å². The number of aromatic amines is 1. The lowest BCUT2D eigenvalue weighted by atomic mass is 10.2. The third kappa shape index (κ3) is 2.90. The van der Waals surface area contributed by atoms with Gasteiger partial charge in [0, 0.05) is 6.04 Å². The van der Waals surface area contributed by atoms with Gasteiger partial charge in [0.05, 0.1) is 6.54 Å². The van der Waals surface area contributed by atoms with E-state index >= 15 is 0 Å². The van der Waals surface area contributed by atoms with E-state index in [1.165, 1.54) is 4.57 Å². The molecule has 0 bridgehead atoms. The Morgan fingerprint density at radius 3 is 2.55 bits per heavy atom. The summed E-state index contributed by atoms with van der Waals surface area (Å²) in [7, 11) is 0. The lowest BCUT2D eigenvalue weighted by molar-refractivity contribution is 0.717. The quantitative estimate of drug-likeness (QED) is 0.798. The topological polar surface area (TPSA) is 92.9 Å². The van der Waals surface area contributed by atoms with E-state index in [0.29, 0.717) is 12.2 Å². The van der Waals surface area contributed by atoms with Crippen LogP contribution in [0.3, 0.4) is 0 Å². The molecule has 4 N–H and O–H groups in total. The molecule has 0 amide bonds. The Morgan fingerprint density at radius 1 is 1.18 bits per heavy atom. The molecule has 1 aromatic heterocycles. The van der Waals surface area contributed by atoms with Gasteiger partial charge in [-0.15, -0.1) is 0 Å². The average molecular weight is 300 g/mol. The summed E-state index contributed by atoms with van der Waals surface area (Å²) in [5.74, 6) is 0.199. The van der Waals surface area contributed by atoms with Gasteiger partial charge in [-0.1, -0.05) is 43.2 Å². The smallest absolute Gasteiger partial charge is 0.330 e. The molecule has 1 aliphatic carbocycles. The zero-order chi connectivity index (χ0) is 15.5. The molecule has 0 atom stereocenters. The molecule has 1 aliphatic rings. The first-order valence-electron chi connectivity index (χ1n) is 7.58. The zero-order valence-electron chi connectivity index (χ0n) is 12.3. The van der Waals surface area contributed by atoms with Crippen molar-refractivity contribution in [2.45, 2.75) is 38.3 Å². The average Bonchev–Trinajstić information content (AvgIpc) is 3.02. The summed E-state index contributed by atoms with van der Waals surface area (Å²) in [4.78, 5) is 26.4. The summed E-state index contributed by atoms with van der Waals surface area (Å²) >= 11 is 0. The molecule has 0 unspecified atom stereocenters. The van der Waals surface area contributed by atoms with Crippen molar-refractivity contribution in [3.8, 4) is 0 Å². The Kier molecular flexibility index (Phi) is 4.00. The van der Waals surface area contributed by atoms with Crippen LogP contribution in [0.25, 0.3) is 0 Å². The van der Waals surface area contributed by atoms with E-state index in [9.17, 15) is 9.59 Å². The predicted molar refractivity (Wildman–Crippen MR) is 87.2 cm³/mol. The van der Waals surface area contributed by atoms with Crippen LogP contribution in [0.15, 0.2) is 39.9 Å². The number of H-pyrrole nitrogens is 1. The summed E-state index contributed by atoms with van der Waals surface area (Å²) in [6.07, 6.45) is 4.35. The lowest BCUT2D eigenvalue weighted by Crippen LogP contribution is -2.35.